The Kier molecular flexibility index (Phi) is 2.35. The van der Waals surface area contributed by atoms with Crippen LogP contribution in [-0.4, -0.2) is 11.3 Å². The van der Waals surface area contributed by atoms with Gasteiger partial charge in [0, 0.05) is 0 Å². The topological polar surface area (TPSA) is 20.2 Å². The van der Waals surface area contributed by atoms with Gasteiger partial charge in [0.1, 0.15) is 0 Å². The lowest BCUT2D eigenvalue weighted by molar-refractivity contribution is -0.258. The van der Waals surface area contributed by atoms with Crippen LogP contribution < -0.4 is 0 Å². The monoisotopic (exact) mass is 228 g/mol. The van der Waals surface area contributed by atoms with Gasteiger partial charge in [-0.05, 0) is 30.0 Å². The fourth-order valence-corrected chi connectivity index (χ4v) is 1.87. The minimum absolute atomic E-state index is 0.0775. The summed E-state index contributed by atoms with van der Waals surface area (Å²) in [5.41, 5.74) is -1.56. The smallest absolute Gasteiger partial charge is 0.376 e. The van der Waals surface area contributed by atoms with Crippen LogP contribution in [0.5, 0.6) is 0 Å². The zero-order valence-electron chi connectivity index (χ0n) is 8.67. The highest BCUT2D eigenvalue weighted by atomic mass is 19.4. The normalized spacial score (nSPS) is 18.3. The molecule has 1 N–H and O–H groups in total. The highest BCUT2D eigenvalue weighted by Gasteiger charge is 2.52. The molecule has 1 nitrogen and oxygen atoms in total. The van der Waals surface area contributed by atoms with Crippen molar-refractivity contribution in [2.24, 2.45) is 0 Å². The summed E-state index contributed by atoms with van der Waals surface area (Å²) in [5, 5.41) is 9.63. The molecule has 1 unspecified atom stereocenters. The van der Waals surface area contributed by atoms with Crippen molar-refractivity contribution in [3.05, 3.63) is 41.0 Å². The molecule has 0 saturated heterocycles. The summed E-state index contributed by atoms with van der Waals surface area (Å²) in [6.45, 7) is 0.786. The van der Waals surface area contributed by atoms with Crippen molar-refractivity contribution in [1.29, 1.82) is 0 Å². The Bertz CT molecular complexity index is 444. The number of fused-ring (bicyclic) bond motifs is 1. The zero-order valence-corrected chi connectivity index (χ0v) is 8.67. The van der Waals surface area contributed by atoms with Crippen molar-refractivity contribution in [1.82, 2.24) is 0 Å². The predicted molar refractivity (Wildman–Crippen MR) is 54.8 cm³/mol. The molecule has 0 aliphatic heterocycles. The minimum atomic E-state index is -4.67. The van der Waals surface area contributed by atoms with E-state index in [0.717, 1.165) is 12.5 Å². The van der Waals surface area contributed by atoms with E-state index >= 15 is 0 Å². The van der Waals surface area contributed by atoms with Crippen molar-refractivity contribution < 1.29 is 18.3 Å². The van der Waals surface area contributed by atoms with E-state index in [1.807, 2.05) is 0 Å². The molecule has 0 heterocycles. The molecular formula is C12H11F3O. The predicted octanol–water partition coefficient (Wildman–Crippen LogP) is 3.03. The average Bonchev–Trinajstić information content (AvgIpc) is 2.62. The maximum Gasteiger partial charge on any atom is 0.421 e. The molecule has 4 heteroatoms. The van der Waals surface area contributed by atoms with E-state index in [1.165, 1.54) is 6.07 Å². The number of allylic oxidation sites excluding steroid dienone is 1. The molecule has 0 spiro atoms. The Morgan fingerprint density at radius 3 is 2.56 bits per heavy atom. The van der Waals surface area contributed by atoms with Crippen LogP contribution in [0.15, 0.2) is 24.3 Å². The van der Waals surface area contributed by atoms with E-state index in [2.05, 4.69) is 0 Å². The lowest BCUT2D eigenvalue weighted by atomic mass is 9.89. The molecular weight excluding hydrogens is 217 g/mol. The standard InChI is InChI=1S/C12H11F3O/c1-11(16,12(13,14)15)10-7-3-5-8-4-2-6-9(8)10/h2-3,5-7,16H,4H2,1H3. The van der Waals surface area contributed by atoms with Gasteiger partial charge in [0.2, 0.25) is 0 Å². The first-order valence-corrected chi connectivity index (χ1v) is 4.92. The molecule has 86 valence electrons. The van der Waals surface area contributed by atoms with Gasteiger partial charge >= 0.3 is 6.18 Å². The maximum atomic E-state index is 12.7. The molecule has 0 bridgehead atoms. The van der Waals surface area contributed by atoms with Crippen molar-refractivity contribution in [2.75, 3.05) is 0 Å². The van der Waals surface area contributed by atoms with E-state index < -0.39 is 11.8 Å². The third-order valence-electron chi connectivity index (χ3n) is 2.90. The Labute approximate surface area is 91.2 Å². The van der Waals surface area contributed by atoms with Gasteiger partial charge in [-0.1, -0.05) is 30.4 Å². The largest absolute Gasteiger partial charge is 0.421 e. The van der Waals surface area contributed by atoms with Crippen LogP contribution in [0.25, 0.3) is 6.08 Å². The lowest BCUT2D eigenvalue weighted by Crippen LogP contribution is -2.39. The van der Waals surface area contributed by atoms with Crippen molar-refractivity contribution in [3.8, 4) is 0 Å². The van der Waals surface area contributed by atoms with Gasteiger partial charge < -0.3 is 5.11 Å². The Morgan fingerprint density at radius 2 is 1.94 bits per heavy atom. The number of hydrogen-bond donors (Lipinski definition) is 1. The Morgan fingerprint density at radius 1 is 1.25 bits per heavy atom. The third-order valence-corrected chi connectivity index (χ3v) is 2.90. The van der Waals surface area contributed by atoms with E-state index in [1.54, 1.807) is 24.3 Å². The SMILES string of the molecule is CC(O)(c1cccc2c1C=CC2)C(F)(F)F. The van der Waals surface area contributed by atoms with Crippen LogP contribution in [0.3, 0.4) is 0 Å². The molecule has 16 heavy (non-hydrogen) atoms. The first-order valence-electron chi connectivity index (χ1n) is 4.92. The van der Waals surface area contributed by atoms with Gasteiger partial charge in [-0.25, -0.2) is 0 Å². The second-order valence-electron chi connectivity index (χ2n) is 4.05. The van der Waals surface area contributed by atoms with Gasteiger partial charge in [-0.2, -0.15) is 13.2 Å². The molecule has 0 aromatic heterocycles. The summed E-state index contributed by atoms with van der Waals surface area (Å²) < 4.78 is 38.1. The summed E-state index contributed by atoms with van der Waals surface area (Å²) in [4.78, 5) is 0. The van der Waals surface area contributed by atoms with Gasteiger partial charge in [-0.3, -0.25) is 0 Å². The summed E-state index contributed by atoms with van der Waals surface area (Å²) in [7, 11) is 0. The molecule has 1 aliphatic carbocycles. The van der Waals surface area contributed by atoms with Crippen molar-refractivity contribution in [2.45, 2.75) is 25.1 Å². The summed E-state index contributed by atoms with van der Waals surface area (Å²) in [5.74, 6) is 0. The van der Waals surface area contributed by atoms with Crippen molar-refractivity contribution in [3.63, 3.8) is 0 Å². The summed E-state index contributed by atoms with van der Waals surface area (Å²) in [6.07, 6.45) is -0.624. The molecule has 0 amide bonds. The Balaban J connectivity index is 2.57. The Hall–Kier alpha value is -1.29. The molecule has 1 aliphatic rings. The maximum absolute atomic E-state index is 12.7. The van der Waals surface area contributed by atoms with E-state index in [0.29, 0.717) is 12.0 Å². The van der Waals surface area contributed by atoms with Crippen LogP contribution in [0.1, 0.15) is 23.6 Å². The third kappa shape index (κ3) is 1.53. The van der Waals surface area contributed by atoms with Crippen LogP contribution in [-0.2, 0) is 12.0 Å². The highest BCUT2D eigenvalue weighted by Crippen LogP contribution is 2.41. The van der Waals surface area contributed by atoms with Crippen LogP contribution >= 0.6 is 0 Å². The van der Waals surface area contributed by atoms with E-state index in [-0.39, 0.29) is 5.56 Å². The van der Waals surface area contributed by atoms with Crippen LogP contribution in [0.4, 0.5) is 13.2 Å². The number of benzene rings is 1. The summed E-state index contributed by atoms with van der Waals surface area (Å²) >= 11 is 0. The minimum Gasteiger partial charge on any atom is -0.376 e. The first kappa shape index (κ1) is 11.2. The summed E-state index contributed by atoms with van der Waals surface area (Å²) in [6, 6.07) is 4.63. The molecule has 1 aromatic carbocycles. The first-order chi connectivity index (χ1) is 7.34. The van der Waals surface area contributed by atoms with Gasteiger partial charge in [0.15, 0.2) is 5.60 Å². The fourth-order valence-electron chi connectivity index (χ4n) is 1.87. The van der Waals surface area contributed by atoms with E-state index in [9.17, 15) is 18.3 Å². The number of alkyl halides is 3. The quantitative estimate of drug-likeness (QED) is 0.783. The molecule has 0 radical (unpaired) electrons. The zero-order chi connectivity index (χ0) is 12.0. The highest BCUT2D eigenvalue weighted by molar-refractivity contribution is 5.64. The van der Waals surface area contributed by atoms with Crippen LogP contribution in [0, 0.1) is 0 Å². The van der Waals surface area contributed by atoms with Gasteiger partial charge in [0.25, 0.3) is 0 Å². The molecule has 2 rings (SSSR count). The van der Waals surface area contributed by atoms with Gasteiger partial charge in [-0.15, -0.1) is 0 Å². The van der Waals surface area contributed by atoms with E-state index in [4.69, 9.17) is 0 Å². The molecule has 0 fully saturated rings. The van der Waals surface area contributed by atoms with Crippen LogP contribution in [0.2, 0.25) is 0 Å². The number of hydrogen-bond acceptors (Lipinski definition) is 1. The average molecular weight is 228 g/mol. The molecule has 1 aromatic rings. The number of halogens is 3. The second kappa shape index (κ2) is 3.35. The van der Waals surface area contributed by atoms with Gasteiger partial charge in [0.05, 0.1) is 0 Å². The van der Waals surface area contributed by atoms with Crippen molar-refractivity contribution >= 4 is 6.08 Å². The fraction of sp³-hybridized carbons (Fsp3) is 0.333. The second-order valence-corrected chi connectivity index (χ2v) is 4.05. The lowest BCUT2D eigenvalue weighted by Gasteiger charge is -2.28. The molecule has 1 atom stereocenters. The molecule has 0 saturated carbocycles. The number of aliphatic hydroxyl groups is 1. The number of rotatable bonds is 1.